The summed E-state index contributed by atoms with van der Waals surface area (Å²) in [6.07, 6.45) is 2.38. The lowest BCUT2D eigenvalue weighted by atomic mass is 9.95. The highest BCUT2D eigenvalue weighted by atomic mass is 32.1. The predicted octanol–water partition coefficient (Wildman–Crippen LogP) is 4.16. The number of thiazole rings is 1. The zero-order valence-corrected chi connectivity index (χ0v) is 22.9. The topological polar surface area (TPSA) is 120 Å². The number of para-hydroxylation sites is 1. The molecule has 0 saturated carbocycles. The first-order chi connectivity index (χ1) is 19.3. The number of furan rings is 1. The lowest BCUT2D eigenvalue weighted by Crippen LogP contribution is -2.40. The lowest BCUT2D eigenvalue weighted by Gasteiger charge is -2.26. The first-order valence-electron chi connectivity index (χ1n) is 12.6. The standard InChI is InChI=1S/C30H26N2O7S/c1-4-15-38-22-12-8-7-11-21(22)26-25(29(36)37-3)17(2)31-30-32(26)27(33)24(40-30)16-18-13-14-23(39-18)19-9-5-6-10-20(19)28(34)35/h5-14,16,26H,4,15H2,1-3H3,(H,34,35)/b24-16+/t26-/m1/s1. The van der Waals surface area contributed by atoms with E-state index in [-0.39, 0.29) is 16.7 Å². The van der Waals surface area contributed by atoms with Crippen molar-refractivity contribution in [2.24, 2.45) is 4.99 Å². The molecule has 0 saturated heterocycles. The molecule has 0 fully saturated rings. The van der Waals surface area contributed by atoms with Crippen molar-refractivity contribution in [3.05, 3.63) is 109 Å². The molecule has 5 rings (SSSR count). The van der Waals surface area contributed by atoms with Crippen molar-refractivity contribution in [1.29, 1.82) is 0 Å². The number of rotatable bonds is 8. The molecule has 4 aromatic rings. The van der Waals surface area contributed by atoms with Crippen LogP contribution in [0.25, 0.3) is 17.4 Å². The van der Waals surface area contributed by atoms with Crippen molar-refractivity contribution >= 4 is 29.4 Å². The third-order valence-electron chi connectivity index (χ3n) is 6.43. The molecule has 0 spiro atoms. The summed E-state index contributed by atoms with van der Waals surface area (Å²) in [5.41, 5.74) is 1.51. The Hall–Kier alpha value is -4.70. The highest BCUT2D eigenvalue weighted by Crippen LogP contribution is 2.36. The molecule has 0 radical (unpaired) electrons. The summed E-state index contributed by atoms with van der Waals surface area (Å²) in [5.74, 6) is -0.360. The maximum Gasteiger partial charge on any atom is 0.338 e. The second-order valence-electron chi connectivity index (χ2n) is 9.01. The molecule has 1 aliphatic heterocycles. The van der Waals surface area contributed by atoms with E-state index in [4.69, 9.17) is 13.9 Å². The summed E-state index contributed by atoms with van der Waals surface area (Å²) < 4.78 is 18.8. The van der Waals surface area contributed by atoms with Gasteiger partial charge in [-0.1, -0.05) is 54.7 Å². The van der Waals surface area contributed by atoms with Gasteiger partial charge in [-0.25, -0.2) is 14.6 Å². The van der Waals surface area contributed by atoms with Crippen molar-refractivity contribution in [3.63, 3.8) is 0 Å². The quantitative estimate of drug-likeness (QED) is 0.323. The monoisotopic (exact) mass is 558 g/mol. The van der Waals surface area contributed by atoms with Gasteiger partial charge in [-0.15, -0.1) is 0 Å². The Morgan fingerprint density at radius 3 is 2.62 bits per heavy atom. The molecule has 0 aliphatic carbocycles. The van der Waals surface area contributed by atoms with Crippen LogP contribution in [0.4, 0.5) is 0 Å². The third kappa shape index (κ3) is 4.89. The van der Waals surface area contributed by atoms with Crippen LogP contribution in [0.1, 0.15) is 48.0 Å². The number of methoxy groups -OCH3 is 1. The fourth-order valence-corrected chi connectivity index (χ4v) is 5.65. The van der Waals surface area contributed by atoms with Crippen molar-refractivity contribution in [1.82, 2.24) is 4.57 Å². The van der Waals surface area contributed by atoms with Crippen LogP contribution in [0, 0.1) is 0 Å². The minimum atomic E-state index is -1.07. The largest absolute Gasteiger partial charge is 0.493 e. The summed E-state index contributed by atoms with van der Waals surface area (Å²) in [6, 6.07) is 16.4. The Morgan fingerprint density at radius 2 is 1.88 bits per heavy atom. The van der Waals surface area contributed by atoms with E-state index in [1.807, 2.05) is 31.2 Å². The van der Waals surface area contributed by atoms with Gasteiger partial charge in [-0.2, -0.15) is 0 Å². The number of carboxylic acids is 1. The predicted molar refractivity (Wildman–Crippen MR) is 149 cm³/mol. The van der Waals surface area contributed by atoms with E-state index in [1.165, 1.54) is 17.7 Å². The molecule has 204 valence electrons. The lowest BCUT2D eigenvalue weighted by molar-refractivity contribution is -0.136. The molecule has 0 amide bonds. The molecule has 40 heavy (non-hydrogen) atoms. The van der Waals surface area contributed by atoms with Gasteiger partial charge in [-0.3, -0.25) is 9.36 Å². The van der Waals surface area contributed by atoms with Crippen LogP contribution >= 0.6 is 11.3 Å². The van der Waals surface area contributed by atoms with Gasteiger partial charge in [0.15, 0.2) is 4.80 Å². The average molecular weight is 559 g/mol. The first-order valence-corrected chi connectivity index (χ1v) is 13.4. The molecule has 2 aromatic carbocycles. The molecule has 1 atom stereocenters. The Bertz CT molecular complexity index is 1830. The van der Waals surface area contributed by atoms with Crippen molar-refractivity contribution in [2.75, 3.05) is 13.7 Å². The van der Waals surface area contributed by atoms with E-state index in [0.717, 1.165) is 17.8 Å². The fraction of sp³-hybridized carbons (Fsp3) is 0.200. The second kappa shape index (κ2) is 11.2. The number of esters is 1. The fourth-order valence-electron chi connectivity index (χ4n) is 4.63. The van der Waals surface area contributed by atoms with E-state index < -0.39 is 18.0 Å². The highest BCUT2D eigenvalue weighted by Gasteiger charge is 2.34. The van der Waals surface area contributed by atoms with Crippen LogP contribution in [-0.2, 0) is 9.53 Å². The minimum Gasteiger partial charge on any atom is -0.493 e. The maximum atomic E-state index is 13.9. The smallest absolute Gasteiger partial charge is 0.338 e. The molecular formula is C30H26N2O7S. The van der Waals surface area contributed by atoms with E-state index in [1.54, 1.807) is 43.3 Å². The highest BCUT2D eigenvalue weighted by molar-refractivity contribution is 7.07. The molecule has 1 aliphatic rings. The van der Waals surface area contributed by atoms with Gasteiger partial charge in [0.1, 0.15) is 23.3 Å². The SMILES string of the molecule is CCCOc1ccccc1[C@@H]1C(C(=O)OC)=C(C)N=c2s/c(=C/c3ccc(-c4ccccc4C(=O)O)o3)c(=O)n21. The number of aromatic nitrogens is 1. The van der Waals surface area contributed by atoms with E-state index in [2.05, 4.69) is 4.99 Å². The van der Waals surface area contributed by atoms with Gasteiger partial charge in [0.05, 0.1) is 35.1 Å². The summed E-state index contributed by atoms with van der Waals surface area (Å²) in [7, 11) is 1.29. The van der Waals surface area contributed by atoms with E-state index in [0.29, 0.717) is 50.0 Å². The minimum absolute atomic E-state index is 0.109. The number of ether oxygens (including phenoxy) is 2. The average Bonchev–Trinajstić information content (AvgIpc) is 3.55. The normalized spacial score (nSPS) is 15.0. The molecule has 3 heterocycles. The number of nitrogens with zero attached hydrogens (tertiary/aromatic N) is 2. The zero-order valence-electron chi connectivity index (χ0n) is 22.0. The van der Waals surface area contributed by atoms with Crippen LogP contribution in [0.15, 0.2) is 86.1 Å². The van der Waals surface area contributed by atoms with Crippen molar-refractivity contribution in [3.8, 4) is 17.1 Å². The Balaban J connectivity index is 1.66. The number of hydrogen-bond acceptors (Lipinski definition) is 8. The number of hydrogen-bond donors (Lipinski definition) is 1. The zero-order chi connectivity index (χ0) is 28.4. The van der Waals surface area contributed by atoms with Gasteiger partial charge < -0.3 is 19.0 Å². The second-order valence-corrected chi connectivity index (χ2v) is 10.0. The summed E-state index contributed by atoms with van der Waals surface area (Å²) in [6.45, 7) is 4.18. The van der Waals surface area contributed by atoms with Gasteiger partial charge >= 0.3 is 11.9 Å². The summed E-state index contributed by atoms with van der Waals surface area (Å²) in [5, 5.41) is 9.54. The number of carbonyl (C=O) groups excluding carboxylic acids is 1. The summed E-state index contributed by atoms with van der Waals surface area (Å²) in [4.78, 5) is 43.5. The number of fused-ring (bicyclic) bond motifs is 1. The van der Waals surface area contributed by atoms with Gasteiger partial charge in [0, 0.05) is 17.2 Å². The molecule has 10 heteroatoms. The molecular weight excluding hydrogens is 532 g/mol. The van der Waals surface area contributed by atoms with E-state index in [9.17, 15) is 19.5 Å². The van der Waals surface area contributed by atoms with Crippen LogP contribution in [-0.4, -0.2) is 35.3 Å². The number of allylic oxidation sites excluding steroid dienone is 1. The number of aromatic carboxylic acids is 1. The third-order valence-corrected chi connectivity index (χ3v) is 7.41. The van der Waals surface area contributed by atoms with E-state index >= 15 is 0 Å². The Morgan fingerprint density at radius 1 is 1.12 bits per heavy atom. The summed E-state index contributed by atoms with van der Waals surface area (Å²) >= 11 is 1.16. The van der Waals surface area contributed by atoms with Crippen LogP contribution in [0.2, 0.25) is 0 Å². The first kappa shape index (κ1) is 26.9. The molecule has 1 N–H and O–H groups in total. The van der Waals surface area contributed by atoms with Gasteiger partial charge in [-0.05, 0) is 37.6 Å². The van der Waals surface area contributed by atoms with Gasteiger partial charge in [0.25, 0.3) is 5.56 Å². The van der Waals surface area contributed by atoms with Gasteiger partial charge in [0.2, 0.25) is 0 Å². The molecule has 0 bridgehead atoms. The number of carboxylic acid groups (broad SMARTS) is 1. The van der Waals surface area contributed by atoms with Crippen molar-refractivity contribution in [2.45, 2.75) is 26.3 Å². The molecule has 0 unspecified atom stereocenters. The number of benzene rings is 2. The molecule has 2 aromatic heterocycles. The van der Waals surface area contributed by atoms with Crippen molar-refractivity contribution < 1.29 is 28.6 Å². The molecule has 9 nitrogen and oxygen atoms in total. The van der Waals surface area contributed by atoms with Crippen LogP contribution in [0.3, 0.4) is 0 Å². The van der Waals surface area contributed by atoms with Crippen LogP contribution < -0.4 is 19.6 Å². The maximum absolute atomic E-state index is 13.9. The Labute approximate surface area is 232 Å². The van der Waals surface area contributed by atoms with Crippen LogP contribution in [0.5, 0.6) is 5.75 Å². The number of carbonyl (C=O) groups is 2. The Kier molecular flexibility index (Phi) is 7.52.